The summed E-state index contributed by atoms with van der Waals surface area (Å²) in [6.45, 7) is 3.72. The minimum atomic E-state index is 0.714. The number of hydrogen-bond donors (Lipinski definition) is 1. The Labute approximate surface area is 115 Å². The molecule has 0 amide bonds. The minimum Gasteiger partial charge on any atom is -0.349 e. The number of rotatable bonds is 6. The van der Waals surface area contributed by atoms with Crippen LogP contribution in [0.3, 0.4) is 0 Å². The van der Waals surface area contributed by atoms with Gasteiger partial charge < -0.3 is 5.32 Å². The number of nitrogens with one attached hydrogen (secondary N) is 1. The summed E-state index contributed by atoms with van der Waals surface area (Å²) in [5.41, 5.74) is 1.19. The van der Waals surface area contributed by atoms with Crippen LogP contribution in [0.2, 0.25) is 0 Å². The van der Waals surface area contributed by atoms with Gasteiger partial charge in [0.25, 0.3) is 0 Å². The van der Waals surface area contributed by atoms with E-state index in [9.17, 15) is 0 Å². The fourth-order valence-corrected chi connectivity index (χ4v) is 2.06. The van der Waals surface area contributed by atoms with E-state index in [0.717, 1.165) is 29.8 Å². The summed E-state index contributed by atoms with van der Waals surface area (Å²) in [5, 5.41) is 14.9. The van der Waals surface area contributed by atoms with Gasteiger partial charge in [-0.15, -0.1) is 0 Å². The summed E-state index contributed by atoms with van der Waals surface area (Å²) >= 11 is 3.46. The first-order valence-electron chi connectivity index (χ1n) is 6.04. The molecule has 2 rings (SSSR count). The van der Waals surface area contributed by atoms with Crippen LogP contribution < -0.4 is 5.32 Å². The van der Waals surface area contributed by atoms with Crippen LogP contribution in [0.4, 0.5) is 5.95 Å². The molecule has 0 spiro atoms. The van der Waals surface area contributed by atoms with E-state index in [0.29, 0.717) is 6.54 Å². The van der Waals surface area contributed by atoms with Crippen molar-refractivity contribution in [2.24, 2.45) is 0 Å². The second-order valence-electron chi connectivity index (χ2n) is 4.06. The van der Waals surface area contributed by atoms with Crippen molar-refractivity contribution in [1.29, 1.82) is 0 Å². The lowest BCUT2D eigenvalue weighted by Gasteiger charge is -2.06. The van der Waals surface area contributed by atoms with Crippen molar-refractivity contribution in [3.8, 4) is 0 Å². The average molecular weight is 310 g/mol. The second-order valence-corrected chi connectivity index (χ2v) is 4.98. The zero-order valence-corrected chi connectivity index (χ0v) is 11.9. The van der Waals surface area contributed by atoms with Crippen LogP contribution in [0, 0.1) is 0 Å². The standard InChI is InChI=1S/C12H16BrN5/c1-2-3-7-18-12(15-16-17-18)14-9-10-5-4-6-11(13)8-10/h4-6,8H,2-3,7,9H2,1H3,(H,14,15,17). The minimum absolute atomic E-state index is 0.714. The van der Waals surface area contributed by atoms with Gasteiger partial charge in [0.2, 0.25) is 5.95 Å². The van der Waals surface area contributed by atoms with Crippen molar-refractivity contribution >= 4 is 21.9 Å². The van der Waals surface area contributed by atoms with Crippen LogP contribution in [0.15, 0.2) is 28.7 Å². The van der Waals surface area contributed by atoms with Gasteiger partial charge in [0.05, 0.1) is 0 Å². The Morgan fingerprint density at radius 3 is 3.06 bits per heavy atom. The fourth-order valence-electron chi connectivity index (χ4n) is 1.62. The SMILES string of the molecule is CCCCn1nnnc1NCc1cccc(Br)c1. The lowest BCUT2D eigenvalue weighted by atomic mass is 10.2. The maximum absolute atomic E-state index is 3.99. The number of unbranched alkanes of at least 4 members (excludes halogenated alkanes) is 1. The van der Waals surface area contributed by atoms with Crippen molar-refractivity contribution in [3.63, 3.8) is 0 Å². The molecule has 0 aliphatic carbocycles. The molecule has 96 valence electrons. The Morgan fingerprint density at radius 2 is 2.28 bits per heavy atom. The third-order valence-electron chi connectivity index (χ3n) is 2.60. The summed E-state index contributed by atoms with van der Waals surface area (Å²) in [7, 11) is 0. The number of aromatic nitrogens is 4. The van der Waals surface area contributed by atoms with Gasteiger partial charge >= 0.3 is 0 Å². The van der Waals surface area contributed by atoms with E-state index in [1.807, 2.05) is 16.8 Å². The highest BCUT2D eigenvalue weighted by Crippen LogP contribution is 2.12. The zero-order chi connectivity index (χ0) is 12.8. The zero-order valence-electron chi connectivity index (χ0n) is 10.3. The van der Waals surface area contributed by atoms with E-state index in [1.54, 1.807) is 0 Å². The van der Waals surface area contributed by atoms with Crippen LogP contribution in [0.25, 0.3) is 0 Å². The molecule has 1 N–H and O–H groups in total. The van der Waals surface area contributed by atoms with Crippen LogP contribution in [0.5, 0.6) is 0 Å². The number of halogens is 1. The van der Waals surface area contributed by atoms with Gasteiger partial charge in [0.1, 0.15) is 0 Å². The van der Waals surface area contributed by atoms with E-state index < -0.39 is 0 Å². The van der Waals surface area contributed by atoms with Crippen LogP contribution in [-0.2, 0) is 13.1 Å². The van der Waals surface area contributed by atoms with Gasteiger partial charge in [-0.3, -0.25) is 0 Å². The number of hydrogen-bond acceptors (Lipinski definition) is 4. The second kappa shape index (κ2) is 6.49. The molecule has 6 heteroatoms. The molecule has 1 heterocycles. The molecular formula is C12H16BrN5. The summed E-state index contributed by atoms with van der Waals surface area (Å²) in [5.74, 6) is 0.725. The van der Waals surface area contributed by atoms with Gasteiger partial charge in [-0.2, -0.15) is 0 Å². The van der Waals surface area contributed by atoms with Crippen molar-refractivity contribution < 1.29 is 0 Å². The van der Waals surface area contributed by atoms with Crippen molar-refractivity contribution in [3.05, 3.63) is 34.3 Å². The van der Waals surface area contributed by atoms with E-state index in [4.69, 9.17) is 0 Å². The monoisotopic (exact) mass is 309 g/mol. The van der Waals surface area contributed by atoms with Crippen LogP contribution in [0.1, 0.15) is 25.3 Å². The lowest BCUT2D eigenvalue weighted by molar-refractivity contribution is 0.556. The highest BCUT2D eigenvalue weighted by atomic mass is 79.9. The number of nitrogens with zero attached hydrogens (tertiary/aromatic N) is 4. The Balaban J connectivity index is 1.95. The maximum Gasteiger partial charge on any atom is 0.243 e. The third kappa shape index (κ3) is 3.53. The topological polar surface area (TPSA) is 55.6 Å². The molecule has 1 aromatic heterocycles. The average Bonchev–Trinajstić information content (AvgIpc) is 2.81. The Kier molecular flexibility index (Phi) is 4.69. The number of tetrazole rings is 1. The van der Waals surface area contributed by atoms with Crippen molar-refractivity contribution in [1.82, 2.24) is 20.2 Å². The molecule has 0 fully saturated rings. The molecule has 2 aromatic rings. The predicted molar refractivity (Wildman–Crippen MR) is 74.2 cm³/mol. The van der Waals surface area contributed by atoms with E-state index in [-0.39, 0.29) is 0 Å². The molecule has 0 bridgehead atoms. The molecule has 0 aliphatic heterocycles. The first-order chi connectivity index (χ1) is 8.79. The van der Waals surface area contributed by atoms with E-state index >= 15 is 0 Å². The molecule has 18 heavy (non-hydrogen) atoms. The predicted octanol–water partition coefficient (Wildman–Crippen LogP) is 2.85. The van der Waals surface area contributed by atoms with Gasteiger partial charge in [0.15, 0.2) is 0 Å². The van der Waals surface area contributed by atoms with Crippen molar-refractivity contribution in [2.75, 3.05) is 5.32 Å². The quantitative estimate of drug-likeness (QED) is 0.891. The van der Waals surface area contributed by atoms with Crippen LogP contribution >= 0.6 is 15.9 Å². The lowest BCUT2D eigenvalue weighted by Crippen LogP contribution is -2.09. The van der Waals surface area contributed by atoms with E-state index in [2.05, 4.69) is 55.8 Å². The third-order valence-corrected chi connectivity index (χ3v) is 3.09. The normalized spacial score (nSPS) is 10.6. The van der Waals surface area contributed by atoms with Gasteiger partial charge in [-0.05, 0) is 34.5 Å². The summed E-state index contributed by atoms with van der Waals surface area (Å²) in [4.78, 5) is 0. The number of aryl methyl sites for hydroxylation is 1. The maximum atomic E-state index is 3.99. The fraction of sp³-hybridized carbons (Fsp3) is 0.417. The van der Waals surface area contributed by atoms with E-state index in [1.165, 1.54) is 5.56 Å². The molecule has 0 unspecified atom stereocenters. The summed E-state index contributed by atoms with van der Waals surface area (Å²) in [6.07, 6.45) is 2.21. The highest BCUT2D eigenvalue weighted by molar-refractivity contribution is 9.10. The Hall–Kier alpha value is -1.43. The highest BCUT2D eigenvalue weighted by Gasteiger charge is 2.04. The molecule has 0 aliphatic rings. The van der Waals surface area contributed by atoms with Gasteiger partial charge in [-0.1, -0.05) is 46.5 Å². The summed E-state index contributed by atoms with van der Waals surface area (Å²) in [6, 6.07) is 8.17. The molecule has 0 saturated heterocycles. The molecule has 0 radical (unpaired) electrons. The first kappa shape index (κ1) is 13.0. The Morgan fingerprint density at radius 1 is 1.39 bits per heavy atom. The molecular weight excluding hydrogens is 294 g/mol. The first-order valence-corrected chi connectivity index (χ1v) is 6.83. The molecule has 5 nitrogen and oxygen atoms in total. The van der Waals surface area contributed by atoms with Gasteiger partial charge in [-0.25, -0.2) is 4.68 Å². The summed E-state index contributed by atoms with van der Waals surface area (Å²) < 4.78 is 2.88. The molecule has 0 atom stereocenters. The smallest absolute Gasteiger partial charge is 0.243 e. The van der Waals surface area contributed by atoms with Gasteiger partial charge in [0, 0.05) is 17.6 Å². The molecule has 0 saturated carbocycles. The van der Waals surface area contributed by atoms with Crippen LogP contribution in [-0.4, -0.2) is 20.2 Å². The largest absolute Gasteiger partial charge is 0.349 e. The molecule has 1 aromatic carbocycles. The Bertz CT molecular complexity index is 497. The van der Waals surface area contributed by atoms with Crippen molar-refractivity contribution in [2.45, 2.75) is 32.9 Å². The number of anilines is 1. The number of benzene rings is 1.